The summed E-state index contributed by atoms with van der Waals surface area (Å²) in [5, 5.41) is 0. The molecule has 2 N–H and O–H groups in total. The highest BCUT2D eigenvalue weighted by Gasteiger charge is 2.05. The number of aromatic nitrogens is 2. The third-order valence-corrected chi connectivity index (χ3v) is 2.30. The third-order valence-electron chi connectivity index (χ3n) is 2.30. The summed E-state index contributed by atoms with van der Waals surface area (Å²) >= 11 is 0. The molecule has 78 valence electrons. The number of nitrogens with zero attached hydrogens (tertiary/aromatic N) is 2. The summed E-state index contributed by atoms with van der Waals surface area (Å²) in [5.41, 5.74) is 8.07. The number of hydrogen-bond acceptors (Lipinski definition) is 3. The van der Waals surface area contributed by atoms with Gasteiger partial charge in [0.05, 0.1) is 0 Å². The van der Waals surface area contributed by atoms with Gasteiger partial charge in [-0.1, -0.05) is 13.8 Å². The van der Waals surface area contributed by atoms with E-state index >= 15 is 0 Å². The predicted octanol–water partition coefficient (Wildman–Crippen LogP) is 1.63. The van der Waals surface area contributed by atoms with Crippen LogP contribution in [0.2, 0.25) is 0 Å². The summed E-state index contributed by atoms with van der Waals surface area (Å²) in [6.45, 7) is 6.13. The molecular weight excluding hydrogens is 174 g/mol. The van der Waals surface area contributed by atoms with Crippen LogP contribution in [0.25, 0.3) is 0 Å². The minimum atomic E-state index is 0.217. The molecule has 0 fully saturated rings. The molecule has 0 bridgehead atoms. The van der Waals surface area contributed by atoms with Crippen molar-refractivity contribution in [2.45, 2.75) is 46.1 Å². The molecule has 3 heteroatoms. The topological polar surface area (TPSA) is 51.8 Å². The van der Waals surface area contributed by atoms with Gasteiger partial charge in [-0.2, -0.15) is 0 Å². The largest absolute Gasteiger partial charge is 0.327 e. The molecule has 1 unspecified atom stereocenters. The third kappa shape index (κ3) is 3.07. The average Bonchev–Trinajstić information content (AvgIpc) is 2.16. The Balaban J connectivity index is 2.81. The summed E-state index contributed by atoms with van der Waals surface area (Å²) in [4.78, 5) is 8.71. The highest BCUT2D eigenvalue weighted by Crippen LogP contribution is 2.05. The van der Waals surface area contributed by atoms with Crippen LogP contribution in [0.3, 0.4) is 0 Å². The van der Waals surface area contributed by atoms with Gasteiger partial charge in [-0.3, -0.25) is 0 Å². The monoisotopic (exact) mass is 193 g/mol. The Morgan fingerprint density at radius 1 is 1.29 bits per heavy atom. The normalized spacial score (nSPS) is 12.9. The molecule has 0 amide bonds. The Kier molecular flexibility index (Phi) is 4.01. The first-order valence-corrected chi connectivity index (χ1v) is 5.24. The Bertz CT molecular complexity index is 297. The maximum atomic E-state index is 5.89. The van der Waals surface area contributed by atoms with E-state index in [2.05, 4.69) is 29.9 Å². The maximum Gasteiger partial charge on any atom is 0.125 e. The van der Waals surface area contributed by atoms with Gasteiger partial charge in [0.1, 0.15) is 5.82 Å². The zero-order valence-electron chi connectivity index (χ0n) is 9.25. The predicted molar refractivity (Wildman–Crippen MR) is 58.1 cm³/mol. The minimum Gasteiger partial charge on any atom is -0.327 e. The van der Waals surface area contributed by atoms with Crippen molar-refractivity contribution in [3.63, 3.8) is 0 Å². The van der Waals surface area contributed by atoms with Crippen molar-refractivity contribution in [3.8, 4) is 0 Å². The summed E-state index contributed by atoms with van der Waals surface area (Å²) in [6, 6.07) is 2.27. The van der Waals surface area contributed by atoms with Crippen molar-refractivity contribution in [3.05, 3.63) is 23.3 Å². The molecule has 0 spiro atoms. The van der Waals surface area contributed by atoms with E-state index in [4.69, 9.17) is 5.73 Å². The van der Waals surface area contributed by atoms with Crippen LogP contribution in [0.5, 0.6) is 0 Å². The smallest absolute Gasteiger partial charge is 0.125 e. The van der Waals surface area contributed by atoms with Crippen LogP contribution in [0, 0.1) is 6.92 Å². The van der Waals surface area contributed by atoms with Crippen molar-refractivity contribution in [1.29, 1.82) is 0 Å². The van der Waals surface area contributed by atoms with Crippen LogP contribution >= 0.6 is 0 Å². The second-order valence-electron chi connectivity index (χ2n) is 3.62. The number of hydrogen-bond donors (Lipinski definition) is 1. The first-order valence-electron chi connectivity index (χ1n) is 5.24. The molecule has 0 aliphatic carbocycles. The van der Waals surface area contributed by atoms with Crippen LogP contribution in [0.4, 0.5) is 0 Å². The molecule has 1 heterocycles. The van der Waals surface area contributed by atoms with E-state index in [1.165, 1.54) is 0 Å². The fourth-order valence-corrected chi connectivity index (χ4v) is 1.40. The Labute approximate surface area is 85.8 Å². The highest BCUT2D eigenvalue weighted by atomic mass is 14.9. The first kappa shape index (κ1) is 11.1. The fraction of sp³-hybridized carbons (Fsp3) is 0.636. The summed E-state index contributed by atoms with van der Waals surface area (Å²) in [6.07, 6.45) is 2.80. The van der Waals surface area contributed by atoms with Gasteiger partial charge in [0.15, 0.2) is 0 Å². The van der Waals surface area contributed by atoms with Crippen LogP contribution in [-0.4, -0.2) is 16.0 Å². The molecule has 0 radical (unpaired) electrons. The molecule has 1 atom stereocenters. The maximum absolute atomic E-state index is 5.89. The molecule has 0 saturated carbocycles. The van der Waals surface area contributed by atoms with Gasteiger partial charge in [-0.25, -0.2) is 9.97 Å². The molecule has 1 aromatic rings. The van der Waals surface area contributed by atoms with Crippen molar-refractivity contribution in [2.24, 2.45) is 5.73 Å². The Morgan fingerprint density at radius 2 is 1.93 bits per heavy atom. The Morgan fingerprint density at radius 3 is 2.50 bits per heavy atom. The van der Waals surface area contributed by atoms with Crippen LogP contribution in [0.15, 0.2) is 6.07 Å². The van der Waals surface area contributed by atoms with Gasteiger partial charge in [-0.05, 0) is 25.8 Å². The molecule has 0 aromatic carbocycles. The summed E-state index contributed by atoms with van der Waals surface area (Å²) in [7, 11) is 0. The van der Waals surface area contributed by atoms with E-state index in [-0.39, 0.29) is 6.04 Å². The molecule has 1 aromatic heterocycles. The molecular formula is C11H19N3. The number of nitrogens with two attached hydrogens (primary N) is 1. The second kappa shape index (κ2) is 5.05. The highest BCUT2D eigenvalue weighted by molar-refractivity contribution is 5.12. The quantitative estimate of drug-likeness (QED) is 0.790. The number of aryl methyl sites for hydroxylation is 2. The van der Waals surface area contributed by atoms with E-state index < -0.39 is 0 Å². The SMILES string of the molecule is CCc1cc(CC(N)CC)nc(C)n1. The van der Waals surface area contributed by atoms with E-state index in [1.54, 1.807) is 0 Å². The van der Waals surface area contributed by atoms with Gasteiger partial charge < -0.3 is 5.73 Å². The lowest BCUT2D eigenvalue weighted by atomic mass is 10.1. The van der Waals surface area contributed by atoms with Crippen LogP contribution in [0.1, 0.15) is 37.5 Å². The lowest BCUT2D eigenvalue weighted by molar-refractivity contribution is 0.632. The van der Waals surface area contributed by atoms with Gasteiger partial charge in [0, 0.05) is 23.9 Å². The lowest BCUT2D eigenvalue weighted by Gasteiger charge is -2.09. The van der Waals surface area contributed by atoms with Crippen molar-refractivity contribution >= 4 is 0 Å². The van der Waals surface area contributed by atoms with Gasteiger partial charge in [0.25, 0.3) is 0 Å². The lowest BCUT2D eigenvalue weighted by Crippen LogP contribution is -2.22. The first-order chi connectivity index (χ1) is 6.65. The van der Waals surface area contributed by atoms with Crippen LogP contribution < -0.4 is 5.73 Å². The van der Waals surface area contributed by atoms with E-state index in [1.807, 2.05) is 6.92 Å². The zero-order valence-corrected chi connectivity index (χ0v) is 9.25. The van der Waals surface area contributed by atoms with Gasteiger partial charge in [0.2, 0.25) is 0 Å². The van der Waals surface area contributed by atoms with Crippen molar-refractivity contribution < 1.29 is 0 Å². The standard InChI is InChI=1S/C11H19N3/c1-4-9(12)6-11-7-10(5-2)13-8(3)14-11/h7,9H,4-6,12H2,1-3H3. The van der Waals surface area contributed by atoms with E-state index in [9.17, 15) is 0 Å². The molecule has 3 nitrogen and oxygen atoms in total. The minimum absolute atomic E-state index is 0.217. The van der Waals surface area contributed by atoms with E-state index in [0.29, 0.717) is 0 Å². The average molecular weight is 193 g/mol. The van der Waals surface area contributed by atoms with E-state index in [0.717, 1.165) is 36.5 Å². The van der Waals surface area contributed by atoms with Crippen LogP contribution in [-0.2, 0) is 12.8 Å². The summed E-state index contributed by atoms with van der Waals surface area (Å²) in [5.74, 6) is 0.850. The fourth-order valence-electron chi connectivity index (χ4n) is 1.40. The van der Waals surface area contributed by atoms with Crippen molar-refractivity contribution in [2.75, 3.05) is 0 Å². The zero-order chi connectivity index (χ0) is 10.6. The molecule has 0 aliphatic heterocycles. The molecule has 0 aliphatic rings. The molecule has 14 heavy (non-hydrogen) atoms. The van der Waals surface area contributed by atoms with Gasteiger partial charge >= 0.3 is 0 Å². The molecule has 0 saturated heterocycles. The second-order valence-corrected chi connectivity index (χ2v) is 3.62. The van der Waals surface area contributed by atoms with Crippen molar-refractivity contribution in [1.82, 2.24) is 9.97 Å². The summed E-state index contributed by atoms with van der Waals surface area (Å²) < 4.78 is 0. The Hall–Kier alpha value is -0.960. The van der Waals surface area contributed by atoms with Gasteiger partial charge in [-0.15, -0.1) is 0 Å². The molecule has 1 rings (SSSR count). The number of rotatable bonds is 4.